The van der Waals surface area contributed by atoms with Crippen LogP contribution >= 0.6 is 0 Å². The van der Waals surface area contributed by atoms with Crippen LogP contribution in [0.1, 0.15) is 44.7 Å². The second kappa shape index (κ2) is 9.30. The number of amides is 1. The molecule has 0 spiro atoms. The lowest BCUT2D eigenvalue weighted by Gasteiger charge is -2.23. The van der Waals surface area contributed by atoms with Crippen molar-refractivity contribution < 1.29 is 24.2 Å². The zero-order valence-electron chi connectivity index (χ0n) is 15.0. The van der Waals surface area contributed by atoms with Crippen LogP contribution in [0.3, 0.4) is 0 Å². The number of carboxylic acid groups (broad SMARTS) is 1. The predicted octanol–water partition coefficient (Wildman–Crippen LogP) is 3.01. The fraction of sp³-hybridized carbons (Fsp3) is 0.333. The van der Waals surface area contributed by atoms with E-state index < -0.39 is 5.97 Å². The maximum absolute atomic E-state index is 12.6. The summed E-state index contributed by atoms with van der Waals surface area (Å²) in [6, 6.07) is 13.9. The normalized spacial score (nSPS) is 14.7. The van der Waals surface area contributed by atoms with Crippen LogP contribution in [-0.4, -0.2) is 36.3 Å². The van der Waals surface area contributed by atoms with Gasteiger partial charge in [0.05, 0.1) is 18.3 Å². The monoisotopic (exact) mass is 369 g/mol. The summed E-state index contributed by atoms with van der Waals surface area (Å²) in [5.41, 5.74) is 2.11. The second-order valence-electron chi connectivity index (χ2n) is 6.42. The minimum Gasteiger partial charge on any atom is -0.478 e. The maximum Gasteiger partial charge on any atom is 0.336 e. The van der Waals surface area contributed by atoms with Crippen molar-refractivity contribution in [3.63, 3.8) is 0 Å². The van der Waals surface area contributed by atoms with Crippen LogP contribution in [0.25, 0.3) is 0 Å². The van der Waals surface area contributed by atoms with E-state index in [-0.39, 0.29) is 24.1 Å². The van der Waals surface area contributed by atoms with Crippen LogP contribution < -0.4 is 5.32 Å². The first-order chi connectivity index (χ1) is 13.1. The third kappa shape index (κ3) is 5.15. The Morgan fingerprint density at radius 1 is 1.00 bits per heavy atom. The molecular weight excluding hydrogens is 346 g/mol. The fourth-order valence-electron chi connectivity index (χ4n) is 3.07. The molecule has 1 aliphatic rings. The number of nitrogens with one attached hydrogen (secondary N) is 1. The Kier molecular flexibility index (Phi) is 6.57. The number of rotatable bonds is 7. The summed E-state index contributed by atoms with van der Waals surface area (Å²) in [6.45, 7) is 1.92. The van der Waals surface area contributed by atoms with Gasteiger partial charge in [-0.15, -0.1) is 0 Å². The van der Waals surface area contributed by atoms with Gasteiger partial charge in [0.15, 0.2) is 0 Å². The van der Waals surface area contributed by atoms with Gasteiger partial charge >= 0.3 is 5.97 Å². The highest BCUT2D eigenvalue weighted by Gasteiger charge is 2.17. The molecule has 0 saturated carbocycles. The number of carbonyl (C=O) groups excluding carboxylic acids is 1. The Balaban J connectivity index is 1.64. The minimum atomic E-state index is -1.01. The summed E-state index contributed by atoms with van der Waals surface area (Å²) in [4.78, 5) is 23.9. The van der Waals surface area contributed by atoms with Crippen LogP contribution in [0.4, 0.5) is 0 Å². The van der Waals surface area contributed by atoms with Crippen molar-refractivity contribution in [2.24, 2.45) is 0 Å². The van der Waals surface area contributed by atoms with E-state index in [9.17, 15) is 14.7 Å². The standard InChI is InChI=1S/C21H23NO5/c23-20(22-13-15-5-1-4-8-19(15)21(24)25)18-7-3-2-6-16(18)14-27-17-9-11-26-12-10-17/h1-8,17H,9-14H2,(H,22,23)(H,24,25). The van der Waals surface area contributed by atoms with Gasteiger partial charge in [-0.2, -0.15) is 0 Å². The Labute approximate surface area is 158 Å². The molecule has 0 unspecified atom stereocenters. The second-order valence-corrected chi connectivity index (χ2v) is 6.42. The number of ether oxygens (including phenoxy) is 2. The molecule has 0 aliphatic carbocycles. The largest absolute Gasteiger partial charge is 0.478 e. The van der Waals surface area contributed by atoms with Gasteiger partial charge in [0.2, 0.25) is 0 Å². The van der Waals surface area contributed by atoms with Crippen molar-refractivity contribution >= 4 is 11.9 Å². The quantitative estimate of drug-likeness (QED) is 0.784. The molecule has 6 heteroatoms. The highest BCUT2D eigenvalue weighted by atomic mass is 16.5. The molecular formula is C21H23NO5. The molecule has 0 atom stereocenters. The summed E-state index contributed by atoms with van der Waals surface area (Å²) in [7, 11) is 0. The van der Waals surface area contributed by atoms with E-state index in [1.807, 2.05) is 12.1 Å². The van der Waals surface area contributed by atoms with Gasteiger partial charge in [-0.3, -0.25) is 4.79 Å². The highest BCUT2D eigenvalue weighted by molar-refractivity contribution is 5.96. The third-order valence-corrected chi connectivity index (χ3v) is 4.59. The molecule has 6 nitrogen and oxygen atoms in total. The molecule has 0 aromatic heterocycles. The number of benzene rings is 2. The molecule has 1 amide bonds. The fourth-order valence-corrected chi connectivity index (χ4v) is 3.07. The van der Waals surface area contributed by atoms with Gasteiger partial charge < -0.3 is 19.9 Å². The zero-order chi connectivity index (χ0) is 19.1. The number of carboxylic acids is 1. The Bertz CT molecular complexity index is 799. The van der Waals surface area contributed by atoms with Crippen molar-refractivity contribution in [1.82, 2.24) is 5.32 Å². The molecule has 1 aliphatic heterocycles. The van der Waals surface area contributed by atoms with E-state index in [2.05, 4.69) is 5.32 Å². The van der Waals surface area contributed by atoms with Gasteiger partial charge in [-0.1, -0.05) is 36.4 Å². The lowest BCUT2D eigenvalue weighted by molar-refractivity contribution is -0.0392. The Morgan fingerprint density at radius 3 is 2.33 bits per heavy atom. The predicted molar refractivity (Wildman–Crippen MR) is 99.6 cm³/mol. The maximum atomic E-state index is 12.6. The third-order valence-electron chi connectivity index (χ3n) is 4.59. The number of aromatic carboxylic acids is 1. The number of carbonyl (C=O) groups is 2. The van der Waals surface area contributed by atoms with E-state index in [1.54, 1.807) is 30.3 Å². The summed E-state index contributed by atoms with van der Waals surface area (Å²) in [5.74, 6) is -1.26. The van der Waals surface area contributed by atoms with Crippen LogP contribution in [0.5, 0.6) is 0 Å². The molecule has 2 aromatic carbocycles. The molecule has 27 heavy (non-hydrogen) atoms. The molecule has 1 saturated heterocycles. The Hall–Kier alpha value is -2.70. The molecule has 3 rings (SSSR count). The van der Waals surface area contributed by atoms with Crippen LogP contribution in [-0.2, 0) is 22.6 Å². The molecule has 142 valence electrons. The van der Waals surface area contributed by atoms with E-state index in [4.69, 9.17) is 9.47 Å². The number of hydrogen-bond donors (Lipinski definition) is 2. The lowest BCUT2D eigenvalue weighted by atomic mass is 10.1. The molecule has 0 radical (unpaired) electrons. The van der Waals surface area contributed by atoms with Crippen molar-refractivity contribution in [3.8, 4) is 0 Å². The van der Waals surface area contributed by atoms with Crippen LogP contribution in [0.15, 0.2) is 48.5 Å². The molecule has 2 N–H and O–H groups in total. The minimum absolute atomic E-state index is 0.149. The van der Waals surface area contributed by atoms with Crippen LogP contribution in [0.2, 0.25) is 0 Å². The zero-order valence-corrected chi connectivity index (χ0v) is 15.0. The smallest absolute Gasteiger partial charge is 0.336 e. The molecule has 1 fully saturated rings. The first kappa shape index (κ1) is 19.1. The van der Waals surface area contributed by atoms with Gasteiger partial charge in [0.25, 0.3) is 5.91 Å². The van der Waals surface area contributed by atoms with Crippen molar-refractivity contribution in [2.45, 2.75) is 32.1 Å². The Morgan fingerprint density at radius 2 is 1.63 bits per heavy atom. The SMILES string of the molecule is O=C(O)c1ccccc1CNC(=O)c1ccccc1COC1CCOCC1. The van der Waals surface area contributed by atoms with E-state index in [1.165, 1.54) is 6.07 Å². The topological polar surface area (TPSA) is 84.9 Å². The van der Waals surface area contributed by atoms with Crippen molar-refractivity contribution in [1.29, 1.82) is 0 Å². The van der Waals surface area contributed by atoms with Crippen molar-refractivity contribution in [2.75, 3.05) is 13.2 Å². The van der Waals surface area contributed by atoms with Crippen LogP contribution in [0, 0.1) is 0 Å². The summed E-state index contributed by atoms with van der Waals surface area (Å²) in [5, 5.41) is 12.1. The highest BCUT2D eigenvalue weighted by Crippen LogP contribution is 2.16. The summed E-state index contributed by atoms with van der Waals surface area (Å²) in [6.07, 6.45) is 1.87. The van der Waals surface area contributed by atoms with Gasteiger partial charge in [-0.05, 0) is 36.1 Å². The molecule has 2 aromatic rings. The van der Waals surface area contributed by atoms with E-state index >= 15 is 0 Å². The van der Waals surface area contributed by atoms with E-state index in [0.717, 1.165) is 18.4 Å². The summed E-state index contributed by atoms with van der Waals surface area (Å²) < 4.78 is 11.3. The first-order valence-corrected chi connectivity index (χ1v) is 9.02. The van der Waals surface area contributed by atoms with Gasteiger partial charge in [-0.25, -0.2) is 4.79 Å². The molecule has 1 heterocycles. The first-order valence-electron chi connectivity index (χ1n) is 9.02. The van der Waals surface area contributed by atoms with Crippen molar-refractivity contribution in [3.05, 3.63) is 70.8 Å². The molecule has 0 bridgehead atoms. The van der Waals surface area contributed by atoms with Gasteiger partial charge in [0.1, 0.15) is 0 Å². The van der Waals surface area contributed by atoms with Gasteiger partial charge in [0, 0.05) is 25.3 Å². The average Bonchev–Trinajstić information content (AvgIpc) is 2.71. The van der Waals surface area contributed by atoms with E-state index in [0.29, 0.717) is 30.9 Å². The summed E-state index contributed by atoms with van der Waals surface area (Å²) >= 11 is 0. The number of hydrogen-bond acceptors (Lipinski definition) is 4. The average molecular weight is 369 g/mol. The lowest BCUT2D eigenvalue weighted by Crippen LogP contribution is -2.26.